The Morgan fingerprint density at radius 2 is 1.90 bits per heavy atom. The number of aryl methyl sites for hydroxylation is 1. The minimum atomic E-state index is -0.0254. The van der Waals surface area contributed by atoms with Crippen LogP contribution in [0.15, 0.2) is 45.5 Å². The highest BCUT2D eigenvalue weighted by molar-refractivity contribution is 9.10. The zero-order chi connectivity index (χ0) is 15.4. The van der Waals surface area contributed by atoms with Gasteiger partial charge in [-0.05, 0) is 46.3 Å². The van der Waals surface area contributed by atoms with E-state index in [4.69, 9.17) is 4.74 Å². The Hall–Kier alpha value is -1.27. The maximum absolute atomic E-state index is 12.3. The minimum Gasteiger partial charge on any atom is -0.492 e. The van der Waals surface area contributed by atoms with Crippen LogP contribution in [0.3, 0.4) is 0 Å². The second-order valence-electron chi connectivity index (χ2n) is 4.68. The summed E-state index contributed by atoms with van der Waals surface area (Å²) < 4.78 is 9.33. The summed E-state index contributed by atoms with van der Waals surface area (Å²) in [5.41, 5.74) is 0.646. The number of nitrogens with zero attached hydrogens (tertiary/aromatic N) is 2. The number of halogens is 2. The van der Waals surface area contributed by atoms with Crippen molar-refractivity contribution < 1.29 is 9.53 Å². The molecular formula is C15H16Br2N2O2. The zero-order valence-corrected chi connectivity index (χ0v) is 15.0. The van der Waals surface area contributed by atoms with Crippen LogP contribution in [0.2, 0.25) is 0 Å². The van der Waals surface area contributed by atoms with Crippen LogP contribution in [0, 0.1) is 0 Å². The molecule has 0 aliphatic carbocycles. The molecular weight excluding hydrogens is 400 g/mol. The van der Waals surface area contributed by atoms with Crippen LogP contribution in [0.25, 0.3) is 0 Å². The van der Waals surface area contributed by atoms with Crippen LogP contribution in [0.5, 0.6) is 5.75 Å². The molecule has 1 heterocycles. The first-order valence-electron chi connectivity index (χ1n) is 6.43. The Labute approximate surface area is 141 Å². The molecule has 2 aromatic rings. The molecule has 0 fully saturated rings. The third kappa shape index (κ3) is 4.35. The number of likely N-dealkylation sites (N-methyl/N-ethyl adjacent to an activating group) is 1. The van der Waals surface area contributed by atoms with Crippen molar-refractivity contribution in [1.29, 1.82) is 0 Å². The van der Waals surface area contributed by atoms with Crippen LogP contribution in [0.4, 0.5) is 0 Å². The number of hydrogen-bond acceptors (Lipinski definition) is 2. The Balaban J connectivity index is 1.87. The molecule has 4 nitrogen and oxygen atoms in total. The first-order chi connectivity index (χ1) is 9.97. The van der Waals surface area contributed by atoms with Crippen LogP contribution in [-0.4, -0.2) is 35.6 Å². The average molecular weight is 416 g/mol. The maximum atomic E-state index is 12.3. The fourth-order valence-corrected chi connectivity index (χ4v) is 2.65. The number of rotatable bonds is 5. The van der Waals surface area contributed by atoms with Crippen molar-refractivity contribution in [2.75, 3.05) is 20.2 Å². The van der Waals surface area contributed by atoms with E-state index >= 15 is 0 Å². The molecule has 1 aromatic heterocycles. The van der Waals surface area contributed by atoms with Crippen LogP contribution in [-0.2, 0) is 7.05 Å². The summed E-state index contributed by atoms with van der Waals surface area (Å²) in [6, 6.07) is 9.44. The molecule has 0 unspecified atom stereocenters. The number of carbonyl (C=O) groups excluding carboxylic acids is 1. The van der Waals surface area contributed by atoms with E-state index in [0.29, 0.717) is 18.8 Å². The van der Waals surface area contributed by atoms with Gasteiger partial charge in [0.1, 0.15) is 18.1 Å². The van der Waals surface area contributed by atoms with Crippen molar-refractivity contribution >= 4 is 37.8 Å². The summed E-state index contributed by atoms with van der Waals surface area (Å²) in [6.07, 6.45) is 1.86. The van der Waals surface area contributed by atoms with E-state index in [1.807, 2.05) is 43.6 Å². The van der Waals surface area contributed by atoms with Gasteiger partial charge in [0.2, 0.25) is 0 Å². The van der Waals surface area contributed by atoms with Gasteiger partial charge in [-0.1, -0.05) is 15.9 Å². The molecule has 1 amide bonds. The maximum Gasteiger partial charge on any atom is 0.270 e. The van der Waals surface area contributed by atoms with Gasteiger partial charge in [-0.2, -0.15) is 0 Å². The number of hydrogen-bond donors (Lipinski definition) is 0. The van der Waals surface area contributed by atoms with E-state index in [1.54, 1.807) is 16.5 Å². The standard InChI is InChI=1S/C15H16Br2N2O2/c1-18(15(20)14-9-12(17)10-19(14)2)7-8-21-13-5-3-11(16)4-6-13/h3-6,9-10H,7-8H2,1-2H3. The molecule has 0 spiro atoms. The van der Waals surface area contributed by atoms with Gasteiger partial charge in [-0.3, -0.25) is 4.79 Å². The molecule has 0 radical (unpaired) electrons. The number of amides is 1. The first kappa shape index (κ1) is 16.1. The minimum absolute atomic E-state index is 0.0254. The summed E-state index contributed by atoms with van der Waals surface area (Å²) in [5.74, 6) is 0.767. The van der Waals surface area contributed by atoms with Gasteiger partial charge < -0.3 is 14.2 Å². The third-order valence-electron chi connectivity index (χ3n) is 3.05. The summed E-state index contributed by atoms with van der Waals surface area (Å²) in [7, 11) is 3.62. The fraction of sp³-hybridized carbons (Fsp3) is 0.267. The quantitative estimate of drug-likeness (QED) is 0.746. The summed E-state index contributed by atoms with van der Waals surface area (Å²) >= 11 is 6.75. The topological polar surface area (TPSA) is 34.5 Å². The SMILES string of the molecule is CN(CCOc1ccc(Br)cc1)C(=O)c1cc(Br)cn1C. The van der Waals surface area contributed by atoms with E-state index in [-0.39, 0.29) is 5.91 Å². The van der Waals surface area contributed by atoms with Crippen molar-refractivity contribution in [3.8, 4) is 5.75 Å². The lowest BCUT2D eigenvalue weighted by molar-refractivity contribution is 0.0764. The number of aromatic nitrogens is 1. The second-order valence-corrected chi connectivity index (χ2v) is 6.51. The normalized spacial score (nSPS) is 10.5. The van der Waals surface area contributed by atoms with Crippen molar-refractivity contribution in [2.24, 2.45) is 7.05 Å². The van der Waals surface area contributed by atoms with Crippen molar-refractivity contribution in [2.45, 2.75) is 0 Å². The molecule has 0 saturated heterocycles. The second kappa shape index (κ2) is 7.13. The van der Waals surface area contributed by atoms with E-state index in [2.05, 4.69) is 31.9 Å². The van der Waals surface area contributed by atoms with Crippen LogP contribution >= 0.6 is 31.9 Å². The molecule has 0 aliphatic rings. The highest BCUT2D eigenvalue weighted by Crippen LogP contribution is 2.17. The summed E-state index contributed by atoms with van der Waals surface area (Å²) in [5, 5.41) is 0. The zero-order valence-electron chi connectivity index (χ0n) is 11.8. The fourth-order valence-electron chi connectivity index (χ4n) is 1.87. The Bertz CT molecular complexity index is 623. The predicted octanol–water partition coefficient (Wildman–Crippen LogP) is 3.70. The molecule has 21 heavy (non-hydrogen) atoms. The molecule has 6 heteroatoms. The van der Waals surface area contributed by atoms with Crippen LogP contribution in [0.1, 0.15) is 10.5 Å². The van der Waals surface area contributed by atoms with E-state index in [9.17, 15) is 4.79 Å². The molecule has 1 aromatic carbocycles. The monoisotopic (exact) mass is 414 g/mol. The Morgan fingerprint density at radius 1 is 1.24 bits per heavy atom. The van der Waals surface area contributed by atoms with Gasteiger partial charge in [0.05, 0.1) is 6.54 Å². The molecule has 0 bridgehead atoms. The van der Waals surface area contributed by atoms with Gasteiger partial charge >= 0.3 is 0 Å². The predicted molar refractivity (Wildman–Crippen MR) is 89.7 cm³/mol. The lowest BCUT2D eigenvalue weighted by atomic mass is 10.3. The molecule has 0 N–H and O–H groups in total. The molecule has 0 aliphatic heterocycles. The van der Waals surface area contributed by atoms with Crippen molar-refractivity contribution in [3.05, 3.63) is 51.2 Å². The lowest BCUT2D eigenvalue weighted by Crippen LogP contribution is -2.32. The number of benzene rings is 1. The largest absolute Gasteiger partial charge is 0.492 e. The van der Waals surface area contributed by atoms with E-state index in [0.717, 1.165) is 14.7 Å². The smallest absolute Gasteiger partial charge is 0.270 e. The van der Waals surface area contributed by atoms with Crippen molar-refractivity contribution in [1.82, 2.24) is 9.47 Å². The Morgan fingerprint density at radius 3 is 2.48 bits per heavy atom. The van der Waals surface area contributed by atoms with Gasteiger partial charge in [-0.25, -0.2) is 0 Å². The molecule has 2 rings (SSSR count). The van der Waals surface area contributed by atoms with Gasteiger partial charge in [0.15, 0.2) is 0 Å². The molecule has 0 atom stereocenters. The molecule has 0 saturated carbocycles. The molecule has 112 valence electrons. The van der Waals surface area contributed by atoms with Gasteiger partial charge in [0, 0.05) is 29.2 Å². The van der Waals surface area contributed by atoms with Crippen molar-refractivity contribution in [3.63, 3.8) is 0 Å². The third-order valence-corrected chi connectivity index (χ3v) is 4.01. The van der Waals surface area contributed by atoms with E-state index in [1.165, 1.54) is 0 Å². The van der Waals surface area contributed by atoms with Crippen LogP contribution < -0.4 is 4.74 Å². The Kier molecular flexibility index (Phi) is 5.47. The highest BCUT2D eigenvalue weighted by Gasteiger charge is 2.15. The highest BCUT2D eigenvalue weighted by atomic mass is 79.9. The van der Waals surface area contributed by atoms with Gasteiger partial charge in [0.25, 0.3) is 5.91 Å². The summed E-state index contributed by atoms with van der Waals surface area (Å²) in [4.78, 5) is 13.9. The average Bonchev–Trinajstić information content (AvgIpc) is 2.79. The number of ether oxygens (including phenoxy) is 1. The first-order valence-corrected chi connectivity index (χ1v) is 8.01. The van der Waals surface area contributed by atoms with Gasteiger partial charge in [-0.15, -0.1) is 0 Å². The summed E-state index contributed by atoms with van der Waals surface area (Å²) in [6.45, 7) is 0.979. The lowest BCUT2D eigenvalue weighted by Gasteiger charge is -2.17. The number of carbonyl (C=O) groups is 1. The van der Waals surface area contributed by atoms with E-state index < -0.39 is 0 Å².